The summed E-state index contributed by atoms with van der Waals surface area (Å²) in [5.74, 6) is 0. The van der Waals surface area contributed by atoms with Crippen molar-refractivity contribution >= 4 is 22.6 Å². The van der Waals surface area contributed by atoms with Crippen LogP contribution in [-0.2, 0) is 13.1 Å². The van der Waals surface area contributed by atoms with E-state index in [1.54, 1.807) is 0 Å². The molecular formula is C11H13IN4. The highest BCUT2D eigenvalue weighted by molar-refractivity contribution is 14.1. The van der Waals surface area contributed by atoms with Gasteiger partial charge in [-0.15, -0.1) is 0 Å². The lowest BCUT2D eigenvalue weighted by molar-refractivity contribution is 0.671. The van der Waals surface area contributed by atoms with Crippen molar-refractivity contribution in [3.63, 3.8) is 0 Å². The predicted octanol–water partition coefficient (Wildman–Crippen LogP) is 1.65. The number of pyridine rings is 1. The zero-order valence-corrected chi connectivity index (χ0v) is 11.2. The quantitative estimate of drug-likeness (QED) is 0.868. The molecule has 2 aromatic heterocycles. The SMILES string of the molecule is CNCc1ccc(Cn2cc(I)cn2)nc1. The Morgan fingerprint density at radius 3 is 2.81 bits per heavy atom. The zero-order chi connectivity index (χ0) is 11.4. The molecule has 84 valence electrons. The van der Waals surface area contributed by atoms with Crippen molar-refractivity contribution in [2.45, 2.75) is 13.1 Å². The third-order valence-corrected chi connectivity index (χ3v) is 2.75. The van der Waals surface area contributed by atoms with Gasteiger partial charge in [0.25, 0.3) is 0 Å². The van der Waals surface area contributed by atoms with Gasteiger partial charge in [0.1, 0.15) is 0 Å². The number of nitrogens with zero attached hydrogens (tertiary/aromatic N) is 3. The van der Waals surface area contributed by atoms with Crippen LogP contribution in [0.5, 0.6) is 0 Å². The lowest BCUT2D eigenvalue weighted by Crippen LogP contribution is -2.07. The van der Waals surface area contributed by atoms with Crippen LogP contribution in [0.1, 0.15) is 11.3 Å². The normalized spacial score (nSPS) is 10.6. The minimum absolute atomic E-state index is 0.725. The first-order valence-corrected chi connectivity index (χ1v) is 6.12. The van der Waals surface area contributed by atoms with Gasteiger partial charge in [0, 0.05) is 18.9 Å². The number of nitrogens with one attached hydrogen (secondary N) is 1. The van der Waals surface area contributed by atoms with E-state index in [0.717, 1.165) is 22.4 Å². The van der Waals surface area contributed by atoms with Gasteiger partial charge in [0.15, 0.2) is 0 Å². The molecule has 2 rings (SSSR count). The Bertz CT molecular complexity index is 449. The molecule has 0 unspecified atom stereocenters. The Kier molecular flexibility index (Phi) is 3.89. The van der Waals surface area contributed by atoms with Crippen LogP contribution in [0, 0.1) is 3.57 Å². The van der Waals surface area contributed by atoms with E-state index in [0.29, 0.717) is 0 Å². The van der Waals surface area contributed by atoms with Gasteiger partial charge in [0.2, 0.25) is 0 Å². The van der Waals surface area contributed by atoms with Gasteiger partial charge in [0.05, 0.1) is 22.0 Å². The van der Waals surface area contributed by atoms with Gasteiger partial charge in [-0.25, -0.2) is 0 Å². The molecule has 0 spiro atoms. The number of hydrogen-bond acceptors (Lipinski definition) is 3. The van der Waals surface area contributed by atoms with E-state index in [2.05, 4.69) is 44.1 Å². The third kappa shape index (κ3) is 3.02. The summed E-state index contributed by atoms with van der Waals surface area (Å²) in [7, 11) is 1.93. The van der Waals surface area contributed by atoms with Crippen LogP contribution in [0.3, 0.4) is 0 Å². The van der Waals surface area contributed by atoms with E-state index in [1.165, 1.54) is 5.56 Å². The third-order valence-electron chi connectivity index (χ3n) is 2.19. The molecule has 2 aromatic rings. The first-order valence-electron chi connectivity index (χ1n) is 5.04. The molecule has 0 atom stereocenters. The summed E-state index contributed by atoms with van der Waals surface area (Å²) in [5.41, 5.74) is 2.22. The average Bonchev–Trinajstić information content (AvgIpc) is 2.67. The van der Waals surface area contributed by atoms with Crippen LogP contribution in [0.15, 0.2) is 30.7 Å². The van der Waals surface area contributed by atoms with Crippen molar-refractivity contribution in [3.8, 4) is 0 Å². The van der Waals surface area contributed by atoms with Gasteiger partial charge < -0.3 is 5.32 Å². The van der Waals surface area contributed by atoms with E-state index < -0.39 is 0 Å². The summed E-state index contributed by atoms with van der Waals surface area (Å²) in [6.07, 6.45) is 5.75. The van der Waals surface area contributed by atoms with Gasteiger partial charge >= 0.3 is 0 Å². The summed E-state index contributed by atoms with van der Waals surface area (Å²) < 4.78 is 3.03. The molecule has 1 N–H and O–H groups in total. The van der Waals surface area contributed by atoms with Crippen LogP contribution in [0.25, 0.3) is 0 Å². The largest absolute Gasteiger partial charge is 0.316 e. The van der Waals surface area contributed by atoms with E-state index in [4.69, 9.17) is 0 Å². The molecule has 0 aliphatic heterocycles. The van der Waals surface area contributed by atoms with Crippen molar-refractivity contribution in [1.29, 1.82) is 0 Å². The van der Waals surface area contributed by atoms with Gasteiger partial charge in [-0.05, 0) is 41.3 Å². The maximum atomic E-state index is 4.40. The fraction of sp³-hybridized carbons (Fsp3) is 0.273. The molecule has 0 amide bonds. The molecule has 0 aromatic carbocycles. The van der Waals surface area contributed by atoms with E-state index in [1.807, 2.05) is 36.4 Å². The van der Waals surface area contributed by atoms with Crippen molar-refractivity contribution in [3.05, 3.63) is 45.6 Å². The van der Waals surface area contributed by atoms with Crippen LogP contribution in [0.4, 0.5) is 0 Å². The second-order valence-corrected chi connectivity index (χ2v) is 4.79. The molecule has 4 nitrogen and oxygen atoms in total. The molecule has 16 heavy (non-hydrogen) atoms. The van der Waals surface area contributed by atoms with Crippen LogP contribution >= 0.6 is 22.6 Å². The minimum Gasteiger partial charge on any atom is -0.316 e. The summed E-state index contributed by atoms with van der Waals surface area (Å²) in [6, 6.07) is 4.13. The second-order valence-electron chi connectivity index (χ2n) is 3.54. The lowest BCUT2D eigenvalue weighted by atomic mass is 10.2. The minimum atomic E-state index is 0.725. The molecule has 0 aliphatic carbocycles. The highest BCUT2D eigenvalue weighted by Crippen LogP contribution is 2.05. The summed E-state index contributed by atoms with van der Waals surface area (Å²) in [5, 5.41) is 7.32. The second kappa shape index (κ2) is 5.40. The molecule has 0 aliphatic rings. The van der Waals surface area contributed by atoms with E-state index in [-0.39, 0.29) is 0 Å². The van der Waals surface area contributed by atoms with Crippen LogP contribution in [0.2, 0.25) is 0 Å². The molecular weight excluding hydrogens is 315 g/mol. The number of halogens is 1. The van der Waals surface area contributed by atoms with Crippen molar-refractivity contribution in [2.75, 3.05) is 7.05 Å². The lowest BCUT2D eigenvalue weighted by Gasteiger charge is -2.03. The first kappa shape index (κ1) is 11.5. The van der Waals surface area contributed by atoms with Crippen LogP contribution in [-0.4, -0.2) is 21.8 Å². The Balaban J connectivity index is 2.05. The fourth-order valence-corrected chi connectivity index (χ4v) is 1.89. The standard InChI is InChI=1S/C11H13IN4/c1-13-4-9-2-3-11(14-5-9)8-16-7-10(12)6-15-16/h2-3,5-7,13H,4,8H2,1H3. The van der Waals surface area contributed by atoms with Gasteiger partial charge in [-0.3, -0.25) is 9.67 Å². The van der Waals surface area contributed by atoms with Crippen molar-refractivity contribution in [2.24, 2.45) is 0 Å². The zero-order valence-electron chi connectivity index (χ0n) is 9.02. The number of aromatic nitrogens is 3. The topological polar surface area (TPSA) is 42.7 Å². The smallest absolute Gasteiger partial charge is 0.0831 e. The van der Waals surface area contributed by atoms with Gasteiger partial charge in [-0.1, -0.05) is 6.07 Å². The number of rotatable bonds is 4. The highest BCUT2D eigenvalue weighted by Gasteiger charge is 1.99. The Hall–Kier alpha value is -0.950. The fourth-order valence-electron chi connectivity index (χ4n) is 1.45. The monoisotopic (exact) mass is 328 g/mol. The molecule has 0 saturated heterocycles. The van der Waals surface area contributed by atoms with Gasteiger partial charge in [-0.2, -0.15) is 5.10 Å². The van der Waals surface area contributed by atoms with E-state index >= 15 is 0 Å². The highest BCUT2D eigenvalue weighted by atomic mass is 127. The molecule has 0 saturated carbocycles. The molecule has 0 bridgehead atoms. The molecule has 0 radical (unpaired) electrons. The Labute approximate surface area is 108 Å². The Morgan fingerprint density at radius 2 is 2.25 bits per heavy atom. The predicted molar refractivity (Wildman–Crippen MR) is 71.0 cm³/mol. The van der Waals surface area contributed by atoms with Crippen molar-refractivity contribution < 1.29 is 0 Å². The van der Waals surface area contributed by atoms with E-state index in [9.17, 15) is 0 Å². The van der Waals surface area contributed by atoms with Crippen molar-refractivity contribution in [1.82, 2.24) is 20.1 Å². The Morgan fingerprint density at radius 1 is 1.38 bits per heavy atom. The molecule has 0 fully saturated rings. The first-order chi connectivity index (χ1) is 7.78. The maximum Gasteiger partial charge on any atom is 0.0831 e. The van der Waals surface area contributed by atoms with Crippen LogP contribution < -0.4 is 5.32 Å². The average molecular weight is 328 g/mol. The summed E-state index contributed by atoms with van der Waals surface area (Å²) in [6.45, 7) is 1.58. The summed E-state index contributed by atoms with van der Waals surface area (Å²) >= 11 is 2.25. The maximum absolute atomic E-state index is 4.40. The molecule has 5 heteroatoms. The molecule has 2 heterocycles. The summed E-state index contributed by atoms with van der Waals surface area (Å²) in [4.78, 5) is 4.40. The number of hydrogen-bond donors (Lipinski definition) is 1.